The monoisotopic (exact) mass is 324 g/mol. The number of fused-ring (bicyclic) bond motifs is 1. The number of non-ortho nitro benzene ring substituents is 1. The van der Waals surface area contributed by atoms with E-state index in [0.717, 1.165) is 22.2 Å². The third-order valence-electron chi connectivity index (χ3n) is 3.62. The van der Waals surface area contributed by atoms with Gasteiger partial charge in [-0.25, -0.2) is 0 Å². The van der Waals surface area contributed by atoms with Gasteiger partial charge in [-0.2, -0.15) is 0 Å². The highest BCUT2D eigenvalue weighted by atomic mass is 16.6. The van der Waals surface area contributed by atoms with E-state index in [-0.39, 0.29) is 12.3 Å². The zero-order valence-electron chi connectivity index (χ0n) is 13.4. The summed E-state index contributed by atoms with van der Waals surface area (Å²) in [5.74, 6) is 1.39. The molecule has 0 amide bonds. The normalized spacial score (nSPS) is 10.6. The molecule has 0 bridgehead atoms. The van der Waals surface area contributed by atoms with Gasteiger partial charge < -0.3 is 9.47 Å². The molecule has 0 saturated carbocycles. The van der Waals surface area contributed by atoms with E-state index < -0.39 is 4.92 Å². The van der Waals surface area contributed by atoms with E-state index in [1.165, 1.54) is 12.1 Å². The van der Waals surface area contributed by atoms with Crippen molar-refractivity contribution in [3.63, 3.8) is 0 Å². The van der Waals surface area contributed by atoms with Crippen LogP contribution >= 0.6 is 0 Å². The number of aromatic nitrogens is 1. The van der Waals surface area contributed by atoms with Gasteiger partial charge in [0.1, 0.15) is 18.1 Å². The molecule has 24 heavy (non-hydrogen) atoms. The van der Waals surface area contributed by atoms with Crippen molar-refractivity contribution in [1.82, 2.24) is 4.98 Å². The zero-order valence-corrected chi connectivity index (χ0v) is 13.4. The molecule has 1 aromatic heterocycles. The molecular weight excluding hydrogens is 308 g/mol. The average molecular weight is 324 g/mol. The first-order valence-electron chi connectivity index (χ1n) is 7.38. The first-order chi connectivity index (χ1) is 11.6. The van der Waals surface area contributed by atoms with Crippen LogP contribution in [0.25, 0.3) is 10.9 Å². The predicted octanol–water partition coefficient (Wildman–Crippen LogP) is 4.04. The molecule has 122 valence electrons. The molecule has 2 aromatic carbocycles. The van der Waals surface area contributed by atoms with Crippen LogP contribution in [0.5, 0.6) is 11.5 Å². The number of rotatable bonds is 5. The molecule has 0 radical (unpaired) electrons. The van der Waals surface area contributed by atoms with Crippen LogP contribution in [-0.2, 0) is 6.61 Å². The Morgan fingerprint density at radius 2 is 2.00 bits per heavy atom. The van der Waals surface area contributed by atoms with Gasteiger partial charge in [0.15, 0.2) is 0 Å². The lowest BCUT2D eigenvalue weighted by Gasteiger charge is -2.11. The second-order valence-corrected chi connectivity index (χ2v) is 5.36. The fourth-order valence-corrected chi connectivity index (χ4v) is 2.47. The van der Waals surface area contributed by atoms with E-state index in [2.05, 4.69) is 4.98 Å². The topological polar surface area (TPSA) is 74.5 Å². The third kappa shape index (κ3) is 3.27. The zero-order chi connectivity index (χ0) is 17.1. The minimum Gasteiger partial charge on any atom is -0.497 e. The molecule has 6 nitrogen and oxygen atoms in total. The second kappa shape index (κ2) is 6.54. The Labute approximate surface area is 138 Å². The Morgan fingerprint density at radius 3 is 2.75 bits per heavy atom. The van der Waals surface area contributed by atoms with E-state index in [1.807, 2.05) is 31.2 Å². The van der Waals surface area contributed by atoms with Crippen molar-refractivity contribution in [3.8, 4) is 11.5 Å². The Kier molecular flexibility index (Phi) is 4.29. The maximum absolute atomic E-state index is 10.9. The molecule has 6 heteroatoms. The van der Waals surface area contributed by atoms with Crippen LogP contribution in [-0.4, -0.2) is 17.0 Å². The summed E-state index contributed by atoms with van der Waals surface area (Å²) < 4.78 is 11.2. The molecule has 1 heterocycles. The second-order valence-electron chi connectivity index (χ2n) is 5.36. The van der Waals surface area contributed by atoms with E-state index >= 15 is 0 Å². The van der Waals surface area contributed by atoms with Crippen LogP contribution in [0.15, 0.2) is 48.5 Å². The molecule has 0 aliphatic heterocycles. The first kappa shape index (κ1) is 15.7. The van der Waals surface area contributed by atoms with Gasteiger partial charge in [0.2, 0.25) is 0 Å². The highest BCUT2D eigenvalue weighted by molar-refractivity contribution is 5.86. The van der Waals surface area contributed by atoms with Crippen molar-refractivity contribution in [2.24, 2.45) is 0 Å². The summed E-state index contributed by atoms with van der Waals surface area (Å²) >= 11 is 0. The number of benzene rings is 2. The molecule has 0 aliphatic carbocycles. The maximum atomic E-state index is 10.9. The minimum atomic E-state index is -0.416. The van der Waals surface area contributed by atoms with Crippen LogP contribution in [0.1, 0.15) is 11.3 Å². The lowest BCUT2D eigenvalue weighted by Crippen LogP contribution is -1.99. The van der Waals surface area contributed by atoms with E-state index in [0.29, 0.717) is 11.5 Å². The number of methoxy groups -OCH3 is 1. The molecule has 3 rings (SSSR count). The number of hydrogen-bond donors (Lipinski definition) is 0. The standard InChI is InChI=1S/C18H16N2O4/c1-12-8-18(16-10-15(23-2)6-7-17(16)19-12)24-11-13-4-3-5-14(9-13)20(21)22/h3-10H,11H2,1-2H3. The summed E-state index contributed by atoms with van der Waals surface area (Å²) in [6.45, 7) is 2.13. The Hall–Kier alpha value is -3.15. The van der Waals surface area contributed by atoms with Gasteiger partial charge in [0.05, 0.1) is 17.5 Å². The fourth-order valence-electron chi connectivity index (χ4n) is 2.47. The Bertz CT molecular complexity index is 909. The average Bonchev–Trinajstić information content (AvgIpc) is 2.59. The molecule has 0 fully saturated rings. The first-order valence-corrected chi connectivity index (χ1v) is 7.38. The van der Waals surface area contributed by atoms with Crippen LogP contribution in [0.4, 0.5) is 5.69 Å². The summed E-state index contributed by atoms with van der Waals surface area (Å²) in [6.07, 6.45) is 0. The number of hydrogen-bond acceptors (Lipinski definition) is 5. The van der Waals surface area contributed by atoms with E-state index in [4.69, 9.17) is 9.47 Å². The summed E-state index contributed by atoms with van der Waals surface area (Å²) in [4.78, 5) is 14.9. The Balaban J connectivity index is 1.92. The molecule has 0 atom stereocenters. The largest absolute Gasteiger partial charge is 0.497 e. The van der Waals surface area contributed by atoms with Gasteiger partial charge in [-0.3, -0.25) is 15.1 Å². The number of pyridine rings is 1. The van der Waals surface area contributed by atoms with Gasteiger partial charge in [-0.05, 0) is 30.7 Å². The molecule has 0 aliphatic rings. The van der Waals surface area contributed by atoms with Crippen molar-refractivity contribution >= 4 is 16.6 Å². The Morgan fingerprint density at radius 1 is 1.17 bits per heavy atom. The van der Waals surface area contributed by atoms with Gasteiger partial charge in [0, 0.05) is 29.3 Å². The number of nitrogens with zero attached hydrogens (tertiary/aromatic N) is 2. The van der Waals surface area contributed by atoms with Crippen LogP contribution < -0.4 is 9.47 Å². The van der Waals surface area contributed by atoms with Crippen molar-refractivity contribution < 1.29 is 14.4 Å². The van der Waals surface area contributed by atoms with Crippen molar-refractivity contribution in [3.05, 3.63) is 69.9 Å². The van der Waals surface area contributed by atoms with Gasteiger partial charge >= 0.3 is 0 Å². The van der Waals surface area contributed by atoms with Gasteiger partial charge in [0.25, 0.3) is 5.69 Å². The van der Waals surface area contributed by atoms with Crippen LogP contribution in [0.3, 0.4) is 0 Å². The predicted molar refractivity (Wildman–Crippen MR) is 90.5 cm³/mol. The van der Waals surface area contributed by atoms with Crippen molar-refractivity contribution in [2.75, 3.05) is 7.11 Å². The summed E-state index contributed by atoms with van der Waals surface area (Å²) in [7, 11) is 1.60. The van der Waals surface area contributed by atoms with Gasteiger partial charge in [-0.1, -0.05) is 12.1 Å². The van der Waals surface area contributed by atoms with Crippen LogP contribution in [0, 0.1) is 17.0 Å². The maximum Gasteiger partial charge on any atom is 0.269 e. The van der Waals surface area contributed by atoms with E-state index in [9.17, 15) is 10.1 Å². The number of ether oxygens (including phenoxy) is 2. The number of nitro groups is 1. The quantitative estimate of drug-likeness (QED) is 0.523. The minimum absolute atomic E-state index is 0.0496. The summed E-state index contributed by atoms with van der Waals surface area (Å²) in [5, 5.41) is 11.7. The molecule has 0 spiro atoms. The van der Waals surface area contributed by atoms with E-state index in [1.54, 1.807) is 19.2 Å². The van der Waals surface area contributed by atoms with Crippen molar-refractivity contribution in [1.29, 1.82) is 0 Å². The highest BCUT2D eigenvalue weighted by Crippen LogP contribution is 2.29. The third-order valence-corrected chi connectivity index (χ3v) is 3.62. The highest BCUT2D eigenvalue weighted by Gasteiger charge is 2.09. The van der Waals surface area contributed by atoms with Gasteiger partial charge in [-0.15, -0.1) is 0 Å². The summed E-state index contributed by atoms with van der Waals surface area (Å²) in [6, 6.07) is 13.8. The van der Waals surface area contributed by atoms with Crippen LogP contribution in [0.2, 0.25) is 0 Å². The molecule has 3 aromatic rings. The lowest BCUT2D eigenvalue weighted by molar-refractivity contribution is -0.384. The molecular formula is C18H16N2O4. The molecule has 0 unspecified atom stereocenters. The summed E-state index contributed by atoms with van der Waals surface area (Å²) in [5.41, 5.74) is 2.43. The molecule has 0 saturated heterocycles. The smallest absolute Gasteiger partial charge is 0.269 e. The fraction of sp³-hybridized carbons (Fsp3) is 0.167. The van der Waals surface area contributed by atoms with Crippen molar-refractivity contribution in [2.45, 2.75) is 13.5 Å². The SMILES string of the molecule is COc1ccc2nc(C)cc(OCc3cccc([N+](=O)[O-])c3)c2c1. The lowest BCUT2D eigenvalue weighted by atomic mass is 10.1. The number of nitro benzene ring substituents is 1. The number of aryl methyl sites for hydroxylation is 1. The molecule has 0 N–H and O–H groups in total.